The highest BCUT2D eigenvalue weighted by Crippen LogP contribution is 2.39. The van der Waals surface area contributed by atoms with Crippen molar-refractivity contribution in [1.82, 2.24) is 29.2 Å². The van der Waals surface area contributed by atoms with E-state index in [1.165, 1.54) is 21.6 Å². The van der Waals surface area contributed by atoms with Crippen LogP contribution in [0.4, 0.5) is 9.52 Å². The molecule has 0 radical (unpaired) electrons. The molecule has 1 aliphatic heterocycles. The number of hydrogen-bond acceptors (Lipinski definition) is 6. The number of anilines is 1. The van der Waals surface area contributed by atoms with Gasteiger partial charge in [-0.05, 0) is 31.3 Å². The van der Waals surface area contributed by atoms with Gasteiger partial charge in [0.05, 0.1) is 28.6 Å². The topological polar surface area (TPSA) is 80.9 Å². The minimum absolute atomic E-state index is 0.173. The maximum absolute atomic E-state index is 14.3. The van der Waals surface area contributed by atoms with E-state index < -0.39 is 18.1 Å². The summed E-state index contributed by atoms with van der Waals surface area (Å²) in [5.41, 5.74) is 4.37. The number of aromatic nitrogens is 5. The molecule has 3 aromatic heterocycles. The lowest BCUT2D eigenvalue weighted by molar-refractivity contribution is -0.118. The normalized spacial score (nSPS) is 15.7. The highest BCUT2D eigenvalue weighted by atomic mass is 35.5. The van der Waals surface area contributed by atoms with Crippen LogP contribution in [0.25, 0.3) is 22.0 Å². The van der Waals surface area contributed by atoms with E-state index in [1.54, 1.807) is 28.7 Å². The number of nitrogens with one attached hydrogen (secondary N) is 1. The molecule has 1 aliphatic rings. The van der Waals surface area contributed by atoms with Gasteiger partial charge in [0.15, 0.2) is 11.2 Å². The van der Waals surface area contributed by atoms with Crippen molar-refractivity contribution in [3.8, 4) is 11.1 Å². The van der Waals surface area contributed by atoms with Crippen molar-refractivity contribution in [2.24, 2.45) is 0 Å². The highest BCUT2D eigenvalue weighted by Gasteiger charge is 2.34. The number of thiazole rings is 1. The van der Waals surface area contributed by atoms with Gasteiger partial charge in [-0.3, -0.25) is 14.8 Å². The molecular weight excluding hydrogens is 560 g/mol. The summed E-state index contributed by atoms with van der Waals surface area (Å²) in [6.45, 7) is 1.03. The van der Waals surface area contributed by atoms with E-state index >= 15 is 0 Å². The fourth-order valence-corrected chi connectivity index (χ4v) is 6.05. The third-order valence-electron chi connectivity index (χ3n) is 6.69. The van der Waals surface area contributed by atoms with Crippen molar-refractivity contribution in [1.29, 1.82) is 0 Å². The molecule has 6 rings (SSSR count). The van der Waals surface area contributed by atoms with E-state index in [1.807, 2.05) is 32.3 Å². The summed E-state index contributed by atoms with van der Waals surface area (Å²) in [6.07, 6.45) is 4.00. The van der Waals surface area contributed by atoms with E-state index in [9.17, 15) is 9.18 Å². The number of nitrogens with zero attached hydrogens (tertiary/aromatic N) is 6. The number of fused-ring (bicyclic) bond motifs is 2. The first kappa shape index (κ1) is 25.9. The molecule has 8 nitrogen and oxygen atoms in total. The number of alkyl halides is 1. The molecule has 0 bridgehead atoms. The van der Waals surface area contributed by atoms with Gasteiger partial charge in [0, 0.05) is 47.4 Å². The van der Waals surface area contributed by atoms with E-state index in [2.05, 4.69) is 32.3 Å². The molecule has 0 saturated carbocycles. The zero-order chi connectivity index (χ0) is 27.3. The van der Waals surface area contributed by atoms with Gasteiger partial charge in [0.25, 0.3) is 5.91 Å². The molecular formula is C27H24Cl2FN7OS. The fraction of sp³-hybridized carbons (Fsp3) is 0.259. The lowest BCUT2D eigenvalue weighted by Crippen LogP contribution is -2.28. The zero-order valence-corrected chi connectivity index (χ0v) is 23.4. The summed E-state index contributed by atoms with van der Waals surface area (Å²) in [6, 6.07) is 8.95. The molecule has 4 heterocycles. The van der Waals surface area contributed by atoms with Crippen molar-refractivity contribution in [3.63, 3.8) is 0 Å². The summed E-state index contributed by atoms with van der Waals surface area (Å²) in [7, 11) is 4.04. The van der Waals surface area contributed by atoms with E-state index in [0.29, 0.717) is 37.5 Å². The van der Waals surface area contributed by atoms with E-state index in [4.69, 9.17) is 28.3 Å². The smallest absolute Gasteiger partial charge is 0.257 e. The molecule has 0 aliphatic carbocycles. The summed E-state index contributed by atoms with van der Waals surface area (Å²) < 4.78 is 17.5. The van der Waals surface area contributed by atoms with Crippen LogP contribution < -0.4 is 5.32 Å². The summed E-state index contributed by atoms with van der Waals surface area (Å²) >= 11 is 14.9. The average molecular weight is 585 g/mol. The number of carbonyl (C=O) groups is 1. The van der Waals surface area contributed by atoms with E-state index in [0.717, 1.165) is 17.7 Å². The Morgan fingerprint density at radius 3 is 2.77 bits per heavy atom. The molecule has 0 spiro atoms. The third kappa shape index (κ3) is 4.93. The van der Waals surface area contributed by atoms with Gasteiger partial charge in [0.2, 0.25) is 0 Å². The lowest BCUT2D eigenvalue weighted by Gasteiger charge is -2.16. The maximum Gasteiger partial charge on any atom is 0.257 e. The van der Waals surface area contributed by atoms with Crippen LogP contribution in [-0.2, 0) is 24.3 Å². The predicted molar refractivity (Wildman–Crippen MR) is 152 cm³/mol. The first-order valence-electron chi connectivity index (χ1n) is 12.3. The molecule has 200 valence electrons. The number of amides is 1. The second-order valence-corrected chi connectivity index (χ2v) is 11.5. The minimum Gasteiger partial charge on any atom is -0.331 e. The largest absolute Gasteiger partial charge is 0.331 e. The molecule has 2 atom stereocenters. The Morgan fingerprint density at radius 1 is 1.26 bits per heavy atom. The van der Waals surface area contributed by atoms with Crippen LogP contribution in [0.15, 0.2) is 54.4 Å². The molecule has 12 heteroatoms. The number of rotatable bonds is 7. The molecule has 39 heavy (non-hydrogen) atoms. The van der Waals surface area contributed by atoms with Gasteiger partial charge in [-0.15, -0.1) is 11.3 Å². The summed E-state index contributed by atoms with van der Waals surface area (Å²) in [4.78, 5) is 24.4. The average Bonchev–Trinajstić information content (AvgIpc) is 3.68. The van der Waals surface area contributed by atoms with Crippen LogP contribution in [0.2, 0.25) is 10.0 Å². The number of benzene rings is 2. The Balaban J connectivity index is 1.43. The van der Waals surface area contributed by atoms with Gasteiger partial charge in [0.1, 0.15) is 11.7 Å². The third-order valence-corrected chi connectivity index (χ3v) is 8.07. The number of imidazole rings is 1. The molecule has 0 unspecified atom stereocenters. The molecule has 2 aromatic carbocycles. The van der Waals surface area contributed by atoms with Crippen molar-refractivity contribution < 1.29 is 9.18 Å². The molecule has 1 amide bonds. The van der Waals surface area contributed by atoms with Gasteiger partial charge in [-0.25, -0.2) is 14.4 Å². The van der Waals surface area contributed by atoms with E-state index in [-0.39, 0.29) is 13.0 Å². The summed E-state index contributed by atoms with van der Waals surface area (Å²) in [5, 5.41) is 11.3. The van der Waals surface area contributed by atoms with Crippen molar-refractivity contribution in [2.45, 2.75) is 31.7 Å². The highest BCUT2D eigenvalue weighted by molar-refractivity contribution is 7.13. The predicted octanol–water partition coefficient (Wildman–Crippen LogP) is 5.85. The lowest BCUT2D eigenvalue weighted by atomic mass is 10.0. The Hall–Kier alpha value is -3.31. The van der Waals surface area contributed by atoms with Crippen LogP contribution in [0.5, 0.6) is 0 Å². The zero-order valence-electron chi connectivity index (χ0n) is 21.1. The number of carbonyl (C=O) groups excluding carboxylic acids is 1. The van der Waals surface area contributed by atoms with Gasteiger partial charge >= 0.3 is 0 Å². The second kappa shape index (κ2) is 10.3. The Morgan fingerprint density at radius 2 is 2.05 bits per heavy atom. The molecule has 1 N–H and O–H groups in total. The Kier molecular flexibility index (Phi) is 6.88. The molecule has 5 aromatic rings. The quantitative estimate of drug-likeness (QED) is 0.260. The number of halogens is 3. The van der Waals surface area contributed by atoms with Crippen LogP contribution in [0.1, 0.15) is 23.0 Å². The minimum atomic E-state index is -1.03. The standard InChI is InChI=1S/C27H24Cl2FN7OS/c1-35(2)11-15-3-5-16(6-4-15)18-10-20(28)19-13-37(34-23(19)22(18)29)25(26(38)33-27-31-7-8-39-27)24-21-9-17(30)12-36(21)14-32-24/h3-8,10,13-14,17,25H,9,11-12H2,1-2H3,(H,31,33,38)/t17-,25-/m1/s1. The van der Waals surface area contributed by atoms with Crippen LogP contribution in [-0.4, -0.2) is 55.4 Å². The van der Waals surface area contributed by atoms with Crippen molar-refractivity contribution in [2.75, 3.05) is 19.4 Å². The second-order valence-electron chi connectivity index (χ2n) is 9.79. The van der Waals surface area contributed by atoms with Crippen LogP contribution in [0, 0.1) is 0 Å². The Labute approximate surface area is 238 Å². The van der Waals surface area contributed by atoms with Crippen LogP contribution >= 0.6 is 34.5 Å². The van der Waals surface area contributed by atoms with Crippen molar-refractivity contribution in [3.05, 3.63) is 81.4 Å². The maximum atomic E-state index is 14.3. The summed E-state index contributed by atoms with van der Waals surface area (Å²) in [5.74, 6) is -0.398. The fourth-order valence-electron chi connectivity index (χ4n) is 4.97. The van der Waals surface area contributed by atoms with Gasteiger partial charge in [-0.2, -0.15) is 5.10 Å². The van der Waals surface area contributed by atoms with Gasteiger partial charge in [-0.1, -0.05) is 47.5 Å². The first-order chi connectivity index (χ1) is 18.8. The van der Waals surface area contributed by atoms with Crippen molar-refractivity contribution >= 4 is 56.5 Å². The number of hydrogen-bond donors (Lipinski definition) is 1. The first-order valence-corrected chi connectivity index (χ1v) is 13.9. The van der Waals surface area contributed by atoms with Crippen LogP contribution in [0.3, 0.4) is 0 Å². The molecule has 0 saturated heterocycles. The Bertz CT molecular complexity index is 1660. The monoisotopic (exact) mass is 583 g/mol. The van der Waals surface area contributed by atoms with Gasteiger partial charge < -0.3 is 9.47 Å². The SMILES string of the molecule is CN(C)Cc1ccc(-c2cc(Cl)c3cn([C@@H](C(=O)Nc4nccs4)c4ncn5c4C[C@@H](F)C5)nc3c2Cl)cc1. The molecule has 0 fully saturated rings.